The number of carbonyl (C=O) groups is 1. The first-order valence-corrected chi connectivity index (χ1v) is 9.84. The molecular formula is C23H22N4O. The zero-order chi connectivity index (χ0) is 18.9. The normalized spacial score (nSPS) is 16.4. The SMILES string of the molecule is O=C(/C=C/c1cnccc1-c1cnn(C2CC2)c1)Nc1ccc(C2CC2)cc1. The van der Waals surface area contributed by atoms with E-state index in [0.29, 0.717) is 6.04 Å². The fourth-order valence-electron chi connectivity index (χ4n) is 3.42. The summed E-state index contributed by atoms with van der Waals surface area (Å²) in [5.74, 6) is 0.570. The molecule has 0 bridgehead atoms. The van der Waals surface area contributed by atoms with Crippen molar-refractivity contribution in [3.05, 3.63) is 72.3 Å². The van der Waals surface area contributed by atoms with Gasteiger partial charge in [-0.3, -0.25) is 14.5 Å². The van der Waals surface area contributed by atoms with Crippen molar-refractivity contribution in [2.75, 3.05) is 5.32 Å². The number of rotatable bonds is 6. The molecule has 2 aromatic heterocycles. The fourth-order valence-corrected chi connectivity index (χ4v) is 3.42. The highest BCUT2D eigenvalue weighted by Crippen LogP contribution is 2.40. The molecule has 0 unspecified atom stereocenters. The molecule has 1 N–H and O–H groups in total. The first-order chi connectivity index (χ1) is 13.8. The van der Waals surface area contributed by atoms with E-state index in [-0.39, 0.29) is 5.91 Å². The Morgan fingerprint density at radius 1 is 1.07 bits per heavy atom. The third-order valence-electron chi connectivity index (χ3n) is 5.33. The summed E-state index contributed by atoms with van der Waals surface area (Å²) in [6, 6.07) is 10.7. The lowest BCUT2D eigenvalue weighted by molar-refractivity contribution is -0.111. The minimum Gasteiger partial charge on any atom is -0.323 e. The molecule has 28 heavy (non-hydrogen) atoms. The second kappa shape index (κ2) is 7.08. The average molecular weight is 370 g/mol. The molecule has 0 aliphatic heterocycles. The van der Waals surface area contributed by atoms with E-state index in [1.807, 2.05) is 35.2 Å². The van der Waals surface area contributed by atoms with Crippen LogP contribution in [0.25, 0.3) is 17.2 Å². The first-order valence-electron chi connectivity index (χ1n) is 9.84. The van der Waals surface area contributed by atoms with E-state index in [2.05, 4.69) is 33.7 Å². The number of pyridine rings is 1. The predicted octanol–water partition coefficient (Wildman–Crippen LogP) is 4.81. The maximum absolute atomic E-state index is 12.3. The molecule has 0 spiro atoms. The number of carbonyl (C=O) groups excluding carboxylic acids is 1. The van der Waals surface area contributed by atoms with E-state index in [0.717, 1.165) is 28.3 Å². The van der Waals surface area contributed by atoms with Crippen molar-refractivity contribution in [1.82, 2.24) is 14.8 Å². The van der Waals surface area contributed by atoms with E-state index in [1.165, 1.54) is 31.2 Å². The van der Waals surface area contributed by atoms with Crippen LogP contribution in [0.15, 0.2) is 61.2 Å². The average Bonchev–Trinajstić information content (AvgIpc) is 3.66. The number of aromatic nitrogens is 3. The highest BCUT2D eigenvalue weighted by atomic mass is 16.1. The van der Waals surface area contributed by atoms with Crippen LogP contribution in [0.3, 0.4) is 0 Å². The smallest absolute Gasteiger partial charge is 0.248 e. The monoisotopic (exact) mass is 370 g/mol. The Labute approximate surface area is 164 Å². The minimum atomic E-state index is -0.150. The van der Waals surface area contributed by atoms with Crippen molar-refractivity contribution in [3.8, 4) is 11.1 Å². The fraction of sp³-hybridized carbons (Fsp3) is 0.261. The molecule has 140 valence electrons. The van der Waals surface area contributed by atoms with Gasteiger partial charge in [0.05, 0.1) is 12.2 Å². The Bertz CT molecular complexity index is 1030. The number of anilines is 1. The van der Waals surface area contributed by atoms with Crippen LogP contribution in [0.2, 0.25) is 0 Å². The van der Waals surface area contributed by atoms with E-state index in [4.69, 9.17) is 0 Å². The Kier molecular flexibility index (Phi) is 4.28. The quantitative estimate of drug-likeness (QED) is 0.634. The highest BCUT2D eigenvalue weighted by molar-refractivity contribution is 6.02. The molecule has 2 aliphatic rings. The van der Waals surface area contributed by atoms with Crippen molar-refractivity contribution < 1.29 is 4.79 Å². The minimum absolute atomic E-state index is 0.150. The lowest BCUT2D eigenvalue weighted by atomic mass is 10.0. The molecule has 1 amide bonds. The van der Waals surface area contributed by atoms with Gasteiger partial charge in [0.2, 0.25) is 5.91 Å². The van der Waals surface area contributed by atoms with Crippen LogP contribution in [-0.4, -0.2) is 20.7 Å². The molecule has 2 aliphatic carbocycles. The molecule has 0 atom stereocenters. The number of benzene rings is 1. The predicted molar refractivity (Wildman–Crippen MR) is 110 cm³/mol. The van der Waals surface area contributed by atoms with Gasteiger partial charge in [-0.25, -0.2) is 0 Å². The van der Waals surface area contributed by atoms with E-state index in [9.17, 15) is 4.79 Å². The molecule has 0 radical (unpaired) electrons. The van der Waals surface area contributed by atoms with E-state index >= 15 is 0 Å². The standard InChI is InChI=1S/C23H22N4O/c28-23(26-20-6-3-17(4-7-20)16-1-2-16)10-5-18-13-24-12-11-22(18)19-14-25-27(15-19)21-8-9-21/h3-7,10-16,21H,1-2,8-9H2,(H,26,28)/b10-5+. The van der Waals surface area contributed by atoms with Gasteiger partial charge in [-0.1, -0.05) is 12.1 Å². The van der Waals surface area contributed by atoms with Crippen molar-refractivity contribution in [1.29, 1.82) is 0 Å². The second-order valence-electron chi connectivity index (χ2n) is 7.62. The van der Waals surface area contributed by atoms with E-state index < -0.39 is 0 Å². The van der Waals surface area contributed by atoms with Crippen LogP contribution >= 0.6 is 0 Å². The van der Waals surface area contributed by atoms with Gasteiger partial charge < -0.3 is 5.32 Å². The lowest BCUT2D eigenvalue weighted by Gasteiger charge is -2.05. The molecule has 2 heterocycles. The second-order valence-corrected chi connectivity index (χ2v) is 7.62. The van der Waals surface area contributed by atoms with Gasteiger partial charge in [-0.15, -0.1) is 0 Å². The van der Waals surface area contributed by atoms with E-state index in [1.54, 1.807) is 18.5 Å². The Morgan fingerprint density at radius 2 is 1.89 bits per heavy atom. The number of nitrogens with one attached hydrogen (secondary N) is 1. The third kappa shape index (κ3) is 3.74. The summed E-state index contributed by atoms with van der Waals surface area (Å²) >= 11 is 0. The molecule has 3 aromatic rings. The van der Waals surface area contributed by atoms with Crippen LogP contribution in [0.4, 0.5) is 5.69 Å². The summed E-state index contributed by atoms with van der Waals surface area (Å²) in [5, 5.41) is 7.39. The van der Waals surface area contributed by atoms with Crippen LogP contribution in [-0.2, 0) is 4.79 Å². The summed E-state index contributed by atoms with van der Waals surface area (Å²) in [7, 11) is 0. The van der Waals surface area contributed by atoms with Crippen LogP contribution in [0.1, 0.15) is 48.8 Å². The Hall–Kier alpha value is -3.21. The van der Waals surface area contributed by atoms with Gasteiger partial charge in [-0.05, 0) is 67.0 Å². The number of amides is 1. The Balaban J connectivity index is 1.29. The van der Waals surface area contributed by atoms with Gasteiger partial charge in [0.1, 0.15) is 0 Å². The van der Waals surface area contributed by atoms with Gasteiger partial charge in [0, 0.05) is 41.5 Å². The summed E-state index contributed by atoms with van der Waals surface area (Å²) in [5.41, 5.74) is 5.15. The topological polar surface area (TPSA) is 59.8 Å². The third-order valence-corrected chi connectivity index (χ3v) is 5.33. The number of hydrogen-bond donors (Lipinski definition) is 1. The first kappa shape index (κ1) is 16.9. The molecule has 2 fully saturated rings. The van der Waals surface area contributed by atoms with Crippen molar-refractivity contribution in [3.63, 3.8) is 0 Å². The summed E-state index contributed by atoms with van der Waals surface area (Å²) in [6.45, 7) is 0. The summed E-state index contributed by atoms with van der Waals surface area (Å²) in [6.07, 6.45) is 15.8. The maximum atomic E-state index is 12.3. The van der Waals surface area contributed by atoms with Crippen LogP contribution in [0, 0.1) is 0 Å². The van der Waals surface area contributed by atoms with Crippen molar-refractivity contribution >= 4 is 17.7 Å². The van der Waals surface area contributed by atoms with Crippen molar-refractivity contribution in [2.24, 2.45) is 0 Å². The van der Waals surface area contributed by atoms with Gasteiger partial charge >= 0.3 is 0 Å². The van der Waals surface area contributed by atoms with Gasteiger partial charge in [0.15, 0.2) is 0 Å². The molecule has 2 saturated carbocycles. The van der Waals surface area contributed by atoms with Crippen molar-refractivity contribution in [2.45, 2.75) is 37.6 Å². The number of nitrogens with zero attached hydrogens (tertiary/aromatic N) is 3. The van der Waals surface area contributed by atoms with Gasteiger partial charge in [0.25, 0.3) is 0 Å². The van der Waals surface area contributed by atoms with Gasteiger partial charge in [-0.2, -0.15) is 5.10 Å². The maximum Gasteiger partial charge on any atom is 0.248 e. The zero-order valence-corrected chi connectivity index (χ0v) is 15.6. The van der Waals surface area contributed by atoms with Crippen LogP contribution < -0.4 is 5.32 Å². The molecule has 0 saturated heterocycles. The highest BCUT2D eigenvalue weighted by Gasteiger charge is 2.24. The molecule has 5 rings (SSSR count). The molecule has 5 nitrogen and oxygen atoms in total. The Morgan fingerprint density at radius 3 is 2.64 bits per heavy atom. The zero-order valence-electron chi connectivity index (χ0n) is 15.6. The summed E-state index contributed by atoms with van der Waals surface area (Å²) < 4.78 is 2.03. The van der Waals surface area contributed by atoms with Crippen LogP contribution in [0.5, 0.6) is 0 Å². The lowest BCUT2D eigenvalue weighted by Crippen LogP contribution is -2.07. The molecule has 1 aromatic carbocycles. The summed E-state index contributed by atoms with van der Waals surface area (Å²) in [4.78, 5) is 16.5. The number of hydrogen-bond acceptors (Lipinski definition) is 3. The largest absolute Gasteiger partial charge is 0.323 e. The molecular weight excluding hydrogens is 348 g/mol. The molecule has 5 heteroatoms.